The number of para-hydroxylation sites is 2. The zero-order valence-corrected chi connectivity index (χ0v) is 16.0. The Morgan fingerprint density at radius 3 is 2.86 bits per heavy atom. The van der Waals surface area contributed by atoms with Crippen molar-refractivity contribution >= 4 is 28.7 Å². The maximum atomic E-state index is 12.0. The van der Waals surface area contributed by atoms with Crippen molar-refractivity contribution in [3.8, 4) is 5.82 Å². The van der Waals surface area contributed by atoms with Crippen LogP contribution in [0.3, 0.4) is 0 Å². The summed E-state index contributed by atoms with van der Waals surface area (Å²) in [7, 11) is 1.77. The zero-order chi connectivity index (χ0) is 19.3. The Balaban J connectivity index is 1.30. The van der Waals surface area contributed by atoms with Crippen LogP contribution in [-0.2, 0) is 18.4 Å². The number of tetrazole rings is 1. The van der Waals surface area contributed by atoms with Crippen LogP contribution >= 0.6 is 11.8 Å². The number of benzene rings is 1. The maximum absolute atomic E-state index is 12.0. The summed E-state index contributed by atoms with van der Waals surface area (Å²) >= 11 is 1.45. The first kappa shape index (κ1) is 18.1. The summed E-state index contributed by atoms with van der Waals surface area (Å²) in [5.41, 5.74) is 2.87. The fourth-order valence-corrected chi connectivity index (χ4v) is 3.46. The molecule has 4 aromatic rings. The van der Waals surface area contributed by atoms with Gasteiger partial charge in [-0.25, -0.2) is 14.6 Å². The molecule has 1 amide bonds. The van der Waals surface area contributed by atoms with Crippen LogP contribution in [0.15, 0.2) is 54.1 Å². The van der Waals surface area contributed by atoms with Gasteiger partial charge in [0.25, 0.3) is 0 Å². The highest BCUT2D eigenvalue weighted by Gasteiger charge is 2.07. The highest BCUT2D eigenvalue weighted by Crippen LogP contribution is 2.16. The average molecular weight is 394 g/mol. The Kier molecular flexibility index (Phi) is 5.29. The number of nitrogens with one attached hydrogen (secondary N) is 1. The van der Waals surface area contributed by atoms with Gasteiger partial charge in [0.15, 0.2) is 0 Å². The lowest BCUT2D eigenvalue weighted by atomic mass is 10.2. The minimum atomic E-state index is -0.0210. The summed E-state index contributed by atoms with van der Waals surface area (Å²) in [6.07, 6.45) is 3.92. The summed E-state index contributed by atoms with van der Waals surface area (Å²) in [6.45, 7) is 0.437. The number of pyridine rings is 1. The van der Waals surface area contributed by atoms with Crippen LogP contribution in [0, 0.1) is 0 Å². The fraction of sp³-hybridized carbons (Fsp3) is 0.222. The molecule has 0 aliphatic carbocycles. The number of hydrogen-bond donors (Lipinski definition) is 1. The van der Waals surface area contributed by atoms with Crippen LogP contribution in [-0.4, -0.2) is 46.4 Å². The minimum absolute atomic E-state index is 0.0210. The second-order valence-corrected chi connectivity index (χ2v) is 7.15. The number of fused-ring (bicyclic) bond motifs is 1. The van der Waals surface area contributed by atoms with Crippen molar-refractivity contribution in [3.05, 3.63) is 54.5 Å². The van der Waals surface area contributed by atoms with Gasteiger partial charge in [0, 0.05) is 32.0 Å². The van der Waals surface area contributed by atoms with Crippen molar-refractivity contribution in [2.75, 3.05) is 5.75 Å². The molecule has 3 aromatic heterocycles. The van der Waals surface area contributed by atoms with Crippen LogP contribution in [0.2, 0.25) is 0 Å². The second-order valence-electron chi connectivity index (χ2n) is 6.09. The van der Waals surface area contributed by atoms with Gasteiger partial charge in [0.2, 0.25) is 11.1 Å². The van der Waals surface area contributed by atoms with E-state index in [0.717, 1.165) is 22.4 Å². The number of imidazole rings is 1. The normalized spacial score (nSPS) is 11.0. The molecule has 142 valence electrons. The summed E-state index contributed by atoms with van der Waals surface area (Å²) < 4.78 is 3.52. The summed E-state index contributed by atoms with van der Waals surface area (Å²) in [4.78, 5) is 20.9. The van der Waals surface area contributed by atoms with E-state index in [4.69, 9.17) is 0 Å². The molecule has 0 fully saturated rings. The molecule has 0 aliphatic rings. The first-order valence-electron chi connectivity index (χ1n) is 8.70. The molecule has 1 aromatic carbocycles. The number of rotatable bonds is 7. The molecule has 0 aliphatic heterocycles. The third-order valence-corrected chi connectivity index (χ3v) is 5.15. The van der Waals surface area contributed by atoms with E-state index >= 15 is 0 Å². The fourth-order valence-electron chi connectivity index (χ4n) is 2.67. The Morgan fingerprint density at radius 2 is 2.07 bits per heavy atom. The van der Waals surface area contributed by atoms with Crippen molar-refractivity contribution in [1.29, 1.82) is 0 Å². The van der Waals surface area contributed by atoms with Gasteiger partial charge in [-0.3, -0.25) is 9.36 Å². The molecule has 3 heterocycles. The van der Waals surface area contributed by atoms with Gasteiger partial charge in [-0.2, -0.15) is 0 Å². The Bertz CT molecular complexity index is 1090. The number of aromatic nitrogens is 7. The SMILES string of the molecule is Cn1nnnc1SCCC(=O)NCc1ccc(-n2cnc3ccccc32)nc1. The lowest BCUT2D eigenvalue weighted by Crippen LogP contribution is -2.23. The zero-order valence-electron chi connectivity index (χ0n) is 15.2. The van der Waals surface area contributed by atoms with Gasteiger partial charge < -0.3 is 5.32 Å². The molecule has 0 atom stereocenters. The van der Waals surface area contributed by atoms with Crippen LogP contribution in [0.5, 0.6) is 0 Å². The summed E-state index contributed by atoms with van der Waals surface area (Å²) in [5, 5.41) is 14.8. The molecule has 0 bridgehead atoms. The molecule has 0 radical (unpaired) electrons. The van der Waals surface area contributed by atoms with Crippen molar-refractivity contribution in [2.45, 2.75) is 18.1 Å². The first-order chi connectivity index (χ1) is 13.7. The van der Waals surface area contributed by atoms with Crippen LogP contribution in [0.4, 0.5) is 0 Å². The number of thioether (sulfide) groups is 1. The predicted octanol–water partition coefficient (Wildman–Crippen LogP) is 1.74. The highest BCUT2D eigenvalue weighted by molar-refractivity contribution is 7.99. The van der Waals surface area contributed by atoms with Gasteiger partial charge in [-0.05, 0) is 34.2 Å². The molecule has 0 unspecified atom stereocenters. The monoisotopic (exact) mass is 394 g/mol. The Labute approximate surface area is 165 Å². The van der Waals surface area contributed by atoms with E-state index in [1.54, 1.807) is 24.3 Å². The molecule has 9 nitrogen and oxygen atoms in total. The second kappa shape index (κ2) is 8.17. The standard InChI is InChI=1S/C18H18N8OS/c1-25-18(22-23-24-25)28-9-8-17(27)20-11-13-6-7-16(19-10-13)26-12-21-14-4-2-3-5-15(14)26/h2-7,10,12H,8-9,11H2,1H3,(H,20,27). The van der Waals surface area contributed by atoms with E-state index < -0.39 is 0 Å². The van der Waals surface area contributed by atoms with Crippen LogP contribution in [0.25, 0.3) is 16.9 Å². The lowest BCUT2D eigenvalue weighted by Gasteiger charge is -2.07. The van der Waals surface area contributed by atoms with Crippen LogP contribution < -0.4 is 5.32 Å². The van der Waals surface area contributed by atoms with Crippen molar-refractivity contribution < 1.29 is 4.79 Å². The smallest absolute Gasteiger partial charge is 0.221 e. The molecule has 0 saturated heterocycles. The number of carbonyl (C=O) groups is 1. The van der Waals surface area contributed by atoms with Crippen molar-refractivity contribution in [1.82, 2.24) is 40.1 Å². The van der Waals surface area contributed by atoms with E-state index in [1.807, 2.05) is 41.0 Å². The summed E-state index contributed by atoms with van der Waals surface area (Å²) in [5.74, 6) is 1.38. The highest BCUT2D eigenvalue weighted by atomic mass is 32.2. The topological polar surface area (TPSA) is 103 Å². The molecule has 28 heavy (non-hydrogen) atoms. The average Bonchev–Trinajstić information content (AvgIpc) is 3.33. The number of hydrogen-bond acceptors (Lipinski definition) is 7. The molecule has 1 N–H and O–H groups in total. The molecule has 0 saturated carbocycles. The third-order valence-electron chi connectivity index (χ3n) is 4.14. The van der Waals surface area contributed by atoms with Crippen molar-refractivity contribution in [2.24, 2.45) is 7.05 Å². The van der Waals surface area contributed by atoms with Gasteiger partial charge in [-0.15, -0.1) is 5.10 Å². The number of carbonyl (C=O) groups excluding carboxylic acids is 1. The van der Waals surface area contributed by atoms with Gasteiger partial charge in [-0.1, -0.05) is 30.0 Å². The molecule has 4 rings (SSSR count). The Morgan fingerprint density at radius 1 is 1.18 bits per heavy atom. The molecular weight excluding hydrogens is 376 g/mol. The molecule has 10 heteroatoms. The minimum Gasteiger partial charge on any atom is -0.352 e. The van der Waals surface area contributed by atoms with Gasteiger partial charge >= 0.3 is 0 Å². The number of amides is 1. The van der Waals surface area contributed by atoms with Crippen molar-refractivity contribution in [3.63, 3.8) is 0 Å². The first-order valence-corrected chi connectivity index (χ1v) is 9.68. The molecule has 0 spiro atoms. The van der Waals surface area contributed by atoms with Crippen LogP contribution in [0.1, 0.15) is 12.0 Å². The summed E-state index contributed by atoms with van der Waals surface area (Å²) in [6, 6.07) is 11.8. The van der Waals surface area contributed by atoms with E-state index in [1.165, 1.54) is 11.8 Å². The predicted molar refractivity (Wildman–Crippen MR) is 105 cm³/mol. The van der Waals surface area contributed by atoms with Gasteiger partial charge in [0.05, 0.1) is 11.0 Å². The van der Waals surface area contributed by atoms with E-state index in [-0.39, 0.29) is 5.91 Å². The number of aryl methyl sites for hydroxylation is 1. The quantitative estimate of drug-likeness (QED) is 0.476. The van der Waals surface area contributed by atoms with Gasteiger partial charge in [0.1, 0.15) is 12.1 Å². The van der Waals surface area contributed by atoms with E-state index in [0.29, 0.717) is 23.9 Å². The third kappa shape index (κ3) is 4.01. The Hall–Kier alpha value is -3.27. The number of nitrogens with zero attached hydrogens (tertiary/aromatic N) is 7. The lowest BCUT2D eigenvalue weighted by molar-refractivity contribution is -0.120. The van der Waals surface area contributed by atoms with E-state index in [9.17, 15) is 4.79 Å². The largest absolute Gasteiger partial charge is 0.352 e. The molecular formula is C18H18N8OS. The van der Waals surface area contributed by atoms with E-state index in [2.05, 4.69) is 30.8 Å². The maximum Gasteiger partial charge on any atom is 0.221 e.